The molecule has 6 heteroatoms. The number of nitrogens with one attached hydrogen (secondary N) is 1. The maximum absolute atomic E-state index is 12.0. The van der Waals surface area contributed by atoms with Crippen molar-refractivity contribution in [1.29, 1.82) is 0 Å². The van der Waals surface area contributed by atoms with Crippen LogP contribution in [0.1, 0.15) is 38.9 Å². The Balaban J connectivity index is 2.02. The van der Waals surface area contributed by atoms with Crippen LogP contribution in [0, 0.1) is 0 Å². The quantitative estimate of drug-likeness (QED) is 0.875. The molecule has 0 saturated carbocycles. The van der Waals surface area contributed by atoms with E-state index in [0.717, 1.165) is 17.7 Å². The SMILES string of the molecule is CCc1nn(C)cc1CNC(=O)c1ccc(C(=O)O)cc1. The van der Waals surface area contributed by atoms with E-state index < -0.39 is 5.97 Å². The Morgan fingerprint density at radius 3 is 2.43 bits per heavy atom. The highest BCUT2D eigenvalue weighted by Gasteiger charge is 2.10. The molecule has 0 unspecified atom stereocenters. The first-order valence-corrected chi connectivity index (χ1v) is 6.64. The van der Waals surface area contributed by atoms with Crippen molar-refractivity contribution in [2.24, 2.45) is 7.05 Å². The molecule has 21 heavy (non-hydrogen) atoms. The van der Waals surface area contributed by atoms with Gasteiger partial charge in [0, 0.05) is 30.9 Å². The van der Waals surface area contributed by atoms with E-state index in [1.54, 1.807) is 4.68 Å². The van der Waals surface area contributed by atoms with Gasteiger partial charge < -0.3 is 10.4 Å². The smallest absolute Gasteiger partial charge is 0.335 e. The first kappa shape index (κ1) is 14.8. The normalized spacial score (nSPS) is 10.4. The summed E-state index contributed by atoms with van der Waals surface area (Å²) in [6, 6.07) is 5.84. The number of aryl methyl sites for hydroxylation is 2. The Bertz CT molecular complexity index is 659. The molecule has 0 spiro atoms. The fourth-order valence-electron chi connectivity index (χ4n) is 2.07. The second kappa shape index (κ2) is 6.21. The van der Waals surface area contributed by atoms with Crippen molar-refractivity contribution in [3.05, 3.63) is 52.8 Å². The lowest BCUT2D eigenvalue weighted by molar-refractivity contribution is 0.0696. The molecule has 1 aromatic heterocycles. The van der Waals surface area contributed by atoms with Gasteiger partial charge in [-0.15, -0.1) is 0 Å². The maximum Gasteiger partial charge on any atom is 0.335 e. The van der Waals surface area contributed by atoms with Crippen molar-refractivity contribution in [1.82, 2.24) is 15.1 Å². The zero-order valence-electron chi connectivity index (χ0n) is 12.0. The van der Waals surface area contributed by atoms with Crippen molar-refractivity contribution >= 4 is 11.9 Å². The van der Waals surface area contributed by atoms with Crippen LogP contribution < -0.4 is 5.32 Å². The molecule has 1 amide bonds. The molecule has 2 N–H and O–H groups in total. The van der Waals surface area contributed by atoms with E-state index in [2.05, 4.69) is 10.4 Å². The van der Waals surface area contributed by atoms with Gasteiger partial charge in [0.2, 0.25) is 0 Å². The van der Waals surface area contributed by atoms with Crippen molar-refractivity contribution < 1.29 is 14.7 Å². The number of aromatic carboxylic acids is 1. The van der Waals surface area contributed by atoms with E-state index in [9.17, 15) is 9.59 Å². The predicted octanol–water partition coefficient (Wildman–Crippen LogP) is 1.61. The number of carboxylic acid groups (broad SMARTS) is 1. The third-order valence-corrected chi connectivity index (χ3v) is 3.16. The van der Waals surface area contributed by atoms with Crippen LogP contribution in [-0.4, -0.2) is 26.8 Å². The van der Waals surface area contributed by atoms with Crippen LogP contribution in [0.5, 0.6) is 0 Å². The summed E-state index contributed by atoms with van der Waals surface area (Å²) < 4.78 is 1.72. The second-order valence-corrected chi connectivity index (χ2v) is 4.69. The predicted molar refractivity (Wildman–Crippen MR) is 77.2 cm³/mol. The van der Waals surface area contributed by atoms with Gasteiger partial charge in [-0.2, -0.15) is 5.10 Å². The van der Waals surface area contributed by atoms with E-state index in [1.807, 2.05) is 20.2 Å². The number of benzene rings is 1. The molecule has 1 heterocycles. The Morgan fingerprint density at radius 2 is 1.86 bits per heavy atom. The Kier molecular flexibility index (Phi) is 4.37. The molecular formula is C15H17N3O3. The molecule has 0 saturated heterocycles. The van der Waals surface area contributed by atoms with Crippen LogP contribution >= 0.6 is 0 Å². The van der Waals surface area contributed by atoms with Gasteiger partial charge >= 0.3 is 5.97 Å². The number of rotatable bonds is 5. The Labute approximate surface area is 122 Å². The number of nitrogens with zero attached hydrogens (tertiary/aromatic N) is 2. The van der Waals surface area contributed by atoms with Crippen LogP contribution in [0.15, 0.2) is 30.5 Å². The number of carboxylic acids is 1. The van der Waals surface area contributed by atoms with Gasteiger partial charge in [-0.1, -0.05) is 6.92 Å². The molecule has 0 fully saturated rings. The summed E-state index contributed by atoms with van der Waals surface area (Å²) in [5, 5.41) is 15.9. The van der Waals surface area contributed by atoms with E-state index in [1.165, 1.54) is 24.3 Å². The van der Waals surface area contributed by atoms with Crippen LogP contribution in [-0.2, 0) is 20.0 Å². The van der Waals surface area contributed by atoms with Crippen molar-refractivity contribution in [2.45, 2.75) is 19.9 Å². The van der Waals surface area contributed by atoms with E-state index in [-0.39, 0.29) is 11.5 Å². The number of carbonyl (C=O) groups excluding carboxylic acids is 1. The molecule has 0 radical (unpaired) electrons. The minimum absolute atomic E-state index is 0.159. The van der Waals surface area contributed by atoms with Gasteiger partial charge in [0.15, 0.2) is 0 Å². The first-order valence-electron chi connectivity index (χ1n) is 6.64. The summed E-state index contributed by atoms with van der Waals surface area (Å²) >= 11 is 0. The minimum atomic E-state index is -1.01. The fraction of sp³-hybridized carbons (Fsp3) is 0.267. The lowest BCUT2D eigenvalue weighted by atomic mass is 10.1. The summed E-state index contributed by atoms with van der Waals surface area (Å²) in [6.07, 6.45) is 2.69. The molecule has 1 aromatic carbocycles. The van der Waals surface area contributed by atoms with Gasteiger partial charge in [-0.25, -0.2) is 4.79 Å². The van der Waals surface area contributed by atoms with Gasteiger partial charge in [0.1, 0.15) is 0 Å². The average Bonchev–Trinajstić information content (AvgIpc) is 2.85. The first-order chi connectivity index (χ1) is 10.0. The lowest BCUT2D eigenvalue weighted by Gasteiger charge is -2.05. The van der Waals surface area contributed by atoms with Crippen molar-refractivity contribution in [2.75, 3.05) is 0 Å². The second-order valence-electron chi connectivity index (χ2n) is 4.69. The number of hydrogen-bond donors (Lipinski definition) is 2. The Morgan fingerprint density at radius 1 is 1.24 bits per heavy atom. The van der Waals surface area contributed by atoms with Crippen LogP contribution in [0.3, 0.4) is 0 Å². The number of carbonyl (C=O) groups is 2. The minimum Gasteiger partial charge on any atom is -0.478 e. The van der Waals surface area contributed by atoms with Crippen LogP contribution in [0.4, 0.5) is 0 Å². The topological polar surface area (TPSA) is 84.2 Å². The van der Waals surface area contributed by atoms with Gasteiger partial charge in [-0.3, -0.25) is 9.48 Å². The van der Waals surface area contributed by atoms with Crippen molar-refractivity contribution in [3.63, 3.8) is 0 Å². The third-order valence-electron chi connectivity index (χ3n) is 3.16. The number of hydrogen-bond acceptors (Lipinski definition) is 3. The fourth-order valence-corrected chi connectivity index (χ4v) is 2.07. The monoisotopic (exact) mass is 287 g/mol. The molecule has 0 aliphatic carbocycles. The molecule has 110 valence electrons. The lowest BCUT2D eigenvalue weighted by Crippen LogP contribution is -2.23. The highest BCUT2D eigenvalue weighted by molar-refractivity contribution is 5.95. The standard InChI is InChI=1S/C15H17N3O3/c1-3-13-12(9-18(2)17-13)8-16-14(19)10-4-6-11(7-5-10)15(20)21/h4-7,9H,3,8H2,1-2H3,(H,16,19)(H,20,21). The molecule has 0 bridgehead atoms. The van der Waals surface area contributed by atoms with Gasteiger partial charge in [0.25, 0.3) is 5.91 Å². The van der Waals surface area contributed by atoms with E-state index >= 15 is 0 Å². The highest BCUT2D eigenvalue weighted by Crippen LogP contribution is 2.08. The van der Waals surface area contributed by atoms with Crippen LogP contribution in [0.25, 0.3) is 0 Å². The summed E-state index contributed by atoms with van der Waals surface area (Å²) in [5.41, 5.74) is 2.53. The average molecular weight is 287 g/mol. The molecule has 0 aliphatic heterocycles. The van der Waals surface area contributed by atoms with E-state index in [4.69, 9.17) is 5.11 Å². The molecule has 0 aliphatic rings. The highest BCUT2D eigenvalue weighted by atomic mass is 16.4. The summed E-state index contributed by atoms with van der Waals surface area (Å²) in [4.78, 5) is 22.8. The molecule has 2 aromatic rings. The number of aromatic nitrogens is 2. The molecular weight excluding hydrogens is 270 g/mol. The van der Waals surface area contributed by atoms with Gasteiger partial charge in [-0.05, 0) is 30.7 Å². The van der Waals surface area contributed by atoms with Gasteiger partial charge in [0.05, 0.1) is 11.3 Å². The summed E-state index contributed by atoms with van der Waals surface area (Å²) in [7, 11) is 1.84. The molecule has 0 atom stereocenters. The zero-order valence-corrected chi connectivity index (χ0v) is 12.0. The summed E-state index contributed by atoms with van der Waals surface area (Å²) in [6.45, 7) is 2.41. The molecule has 6 nitrogen and oxygen atoms in total. The summed E-state index contributed by atoms with van der Waals surface area (Å²) in [5.74, 6) is -1.25. The van der Waals surface area contributed by atoms with Crippen molar-refractivity contribution in [3.8, 4) is 0 Å². The van der Waals surface area contributed by atoms with E-state index in [0.29, 0.717) is 12.1 Å². The third kappa shape index (κ3) is 3.47. The Hall–Kier alpha value is -2.63. The maximum atomic E-state index is 12.0. The largest absolute Gasteiger partial charge is 0.478 e. The zero-order chi connectivity index (χ0) is 15.4. The molecule has 2 rings (SSSR count). The number of amides is 1. The van der Waals surface area contributed by atoms with Crippen LogP contribution in [0.2, 0.25) is 0 Å².